The number of rotatable bonds is 5. The van der Waals surface area contributed by atoms with Crippen LogP contribution >= 0.6 is 77.0 Å². The topological polar surface area (TPSA) is 47.9 Å². The summed E-state index contributed by atoms with van der Waals surface area (Å²) in [6.45, 7) is 0.470. The highest BCUT2D eigenvalue weighted by atomic mass is 127. The number of carbonyl (C=O) groups is 1. The molecule has 0 bridgehead atoms. The first-order valence-electron chi connectivity index (χ1n) is 9.04. The van der Waals surface area contributed by atoms with E-state index >= 15 is 0 Å². The molecule has 3 aromatic carbocycles. The van der Waals surface area contributed by atoms with E-state index in [-0.39, 0.29) is 5.70 Å². The van der Waals surface area contributed by atoms with Gasteiger partial charge in [0.05, 0.1) is 12.7 Å². The van der Waals surface area contributed by atoms with Crippen LogP contribution < -0.4 is 4.74 Å². The highest BCUT2D eigenvalue weighted by molar-refractivity contribution is 14.1. The van der Waals surface area contributed by atoms with Gasteiger partial charge in [-0.25, -0.2) is 9.79 Å². The van der Waals surface area contributed by atoms with Crippen molar-refractivity contribution in [1.29, 1.82) is 0 Å². The number of halogens is 4. The number of hydrogen-bond acceptors (Lipinski definition) is 4. The molecule has 3 aromatic rings. The molecule has 4 rings (SSSR count). The second-order valence-electron chi connectivity index (χ2n) is 6.55. The van der Waals surface area contributed by atoms with Gasteiger partial charge in [-0.2, -0.15) is 0 Å². The van der Waals surface area contributed by atoms with Gasteiger partial charge in [0.1, 0.15) is 12.4 Å². The Hall–Kier alpha value is -1.24. The minimum atomic E-state index is -0.467. The molecular weight excluding hydrogens is 752 g/mol. The average Bonchev–Trinajstić information content (AvgIpc) is 3.08. The number of cyclic esters (lactones) is 1. The lowest BCUT2D eigenvalue weighted by Gasteiger charge is -2.12. The van der Waals surface area contributed by atoms with Gasteiger partial charge in [0, 0.05) is 8.95 Å². The van der Waals surface area contributed by atoms with Crippen LogP contribution in [0.5, 0.6) is 5.75 Å². The van der Waals surface area contributed by atoms with Crippen LogP contribution in [0.4, 0.5) is 0 Å². The van der Waals surface area contributed by atoms with Gasteiger partial charge in [-0.1, -0.05) is 40.2 Å². The van der Waals surface area contributed by atoms with E-state index < -0.39 is 5.97 Å². The van der Waals surface area contributed by atoms with Gasteiger partial charge in [0.15, 0.2) is 5.70 Å². The summed E-state index contributed by atoms with van der Waals surface area (Å²) in [7, 11) is 0. The number of aliphatic imine (C=N–C) groups is 1. The van der Waals surface area contributed by atoms with Crippen molar-refractivity contribution in [1.82, 2.24) is 0 Å². The highest BCUT2D eigenvalue weighted by Gasteiger charge is 2.25. The van der Waals surface area contributed by atoms with Gasteiger partial charge in [0.25, 0.3) is 0 Å². The first-order chi connectivity index (χ1) is 14.9. The predicted octanol–water partition coefficient (Wildman–Crippen LogP) is 7.34. The lowest BCUT2D eigenvalue weighted by Crippen LogP contribution is -2.05. The largest absolute Gasteiger partial charge is 0.487 e. The molecule has 0 amide bonds. The van der Waals surface area contributed by atoms with Crippen molar-refractivity contribution in [3.05, 3.63) is 99.1 Å². The molecule has 1 aliphatic heterocycles. The fourth-order valence-corrected chi connectivity index (χ4v) is 5.93. The number of esters is 1. The van der Waals surface area contributed by atoms with E-state index in [9.17, 15) is 4.79 Å². The number of ether oxygens (including phenoxy) is 2. The van der Waals surface area contributed by atoms with Crippen LogP contribution in [-0.2, 0) is 16.1 Å². The quantitative estimate of drug-likeness (QED) is 0.155. The Bertz CT molecular complexity index is 1220. The second kappa shape index (κ2) is 10.1. The molecule has 1 heterocycles. The first kappa shape index (κ1) is 22.9. The van der Waals surface area contributed by atoms with E-state index in [0.29, 0.717) is 12.5 Å². The molecular formula is C23H13Br2I2NO3. The minimum Gasteiger partial charge on any atom is -0.487 e. The molecule has 8 heteroatoms. The summed E-state index contributed by atoms with van der Waals surface area (Å²) in [6, 6.07) is 19.4. The predicted molar refractivity (Wildman–Crippen MR) is 145 cm³/mol. The van der Waals surface area contributed by atoms with Gasteiger partial charge in [0.2, 0.25) is 5.90 Å². The minimum absolute atomic E-state index is 0.264. The molecule has 0 N–H and O–H groups in total. The molecule has 0 aliphatic carbocycles. The van der Waals surface area contributed by atoms with Crippen LogP contribution in [0.2, 0.25) is 0 Å². The Labute approximate surface area is 223 Å². The van der Waals surface area contributed by atoms with Crippen molar-refractivity contribution in [3.8, 4) is 5.75 Å². The molecule has 0 aromatic heterocycles. The van der Waals surface area contributed by atoms with E-state index in [4.69, 9.17) is 9.47 Å². The van der Waals surface area contributed by atoms with Gasteiger partial charge in [-0.3, -0.25) is 0 Å². The van der Waals surface area contributed by atoms with Crippen molar-refractivity contribution < 1.29 is 14.3 Å². The molecule has 156 valence electrons. The summed E-state index contributed by atoms with van der Waals surface area (Å²) < 4.78 is 15.2. The van der Waals surface area contributed by atoms with Crippen molar-refractivity contribution in [2.24, 2.45) is 4.99 Å². The van der Waals surface area contributed by atoms with Crippen molar-refractivity contribution >= 4 is 95.0 Å². The maximum Gasteiger partial charge on any atom is 0.363 e. The van der Waals surface area contributed by atoms with Crippen molar-refractivity contribution in [2.75, 3.05) is 0 Å². The molecule has 1 aliphatic rings. The smallest absolute Gasteiger partial charge is 0.363 e. The molecule has 31 heavy (non-hydrogen) atoms. The van der Waals surface area contributed by atoms with Gasteiger partial charge in [-0.15, -0.1) is 0 Å². The van der Waals surface area contributed by atoms with E-state index in [1.807, 2.05) is 60.7 Å². The average molecular weight is 765 g/mol. The Morgan fingerprint density at radius 2 is 1.74 bits per heavy atom. The Balaban J connectivity index is 1.57. The summed E-state index contributed by atoms with van der Waals surface area (Å²) in [5.41, 5.74) is 2.93. The monoisotopic (exact) mass is 763 g/mol. The normalized spacial score (nSPS) is 14.5. The molecule has 0 atom stereocenters. The maximum absolute atomic E-state index is 12.3. The second-order valence-corrected chi connectivity index (χ2v) is 10.6. The van der Waals surface area contributed by atoms with Crippen LogP contribution in [0.1, 0.15) is 16.7 Å². The van der Waals surface area contributed by atoms with Crippen LogP contribution in [-0.4, -0.2) is 11.9 Å². The molecule has 4 nitrogen and oxygen atoms in total. The molecule has 0 saturated carbocycles. The maximum atomic E-state index is 12.3. The van der Waals surface area contributed by atoms with Crippen molar-refractivity contribution in [2.45, 2.75) is 6.61 Å². The Morgan fingerprint density at radius 3 is 2.45 bits per heavy atom. The Kier molecular flexibility index (Phi) is 7.50. The summed E-state index contributed by atoms with van der Waals surface area (Å²) in [5, 5.41) is 0. The zero-order valence-corrected chi connectivity index (χ0v) is 23.2. The molecule has 0 spiro atoms. The number of carbonyl (C=O) groups excluding carboxylic acids is 1. The third-order valence-electron chi connectivity index (χ3n) is 4.32. The van der Waals surface area contributed by atoms with Gasteiger partial charge < -0.3 is 9.47 Å². The summed E-state index contributed by atoms with van der Waals surface area (Å²) in [5.74, 6) is 0.641. The lowest BCUT2D eigenvalue weighted by atomic mass is 10.2. The van der Waals surface area contributed by atoms with Crippen molar-refractivity contribution in [3.63, 3.8) is 0 Å². The van der Waals surface area contributed by atoms with E-state index in [0.717, 1.165) is 38.5 Å². The summed E-state index contributed by atoms with van der Waals surface area (Å²) in [6.07, 6.45) is 1.73. The molecule has 0 fully saturated rings. The molecule has 0 saturated heterocycles. The third kappa shape index (κ3) is 5.58. The zero-order valence-electron chi connectivity index (χ0n) is 15.7. The fraction of sp³-hybridized carbons (Fsp3) is 0.0435. The standard InChI is InChI=1S/C23H13Br2I2NO3/c24-15-5-3-4-13(8-15)12-30-21-18(26)9-14(10-19(21)27)11-20-23(29)31-22(28-20)16-6-1-2-7-17(16)25/h1-11H,12H2/b20-11-. The first-order valence-corrected chi connectivity index (χ1v) is 12.8. The van der Waals surface area contributed by atoms with E-state index in [1.54, 1.807) is 6.08 Å². The van der Waals surface area contributed by atoms with E-state index in [2.05, 4.69) is 82.0 Å². The van der Waals surface area contributed by atoms with Crippen LogP contribution in [0.3, 0.4) is 0 Å². The SMILES string of the molecule is O=C1OC(c2ccccc2Br)=N/C1=C\c1cc(I)c(OCc2cccc(Br)c2)c(I)c1. The summed E-state index contributed by atoms with van der Waals surface area (Å²) in [4.78, 5) is 16.7. The number of hydrogen-bond donors (Lipinski definition) is 0. The van der Waals surface area contributed by atoms with Crippen LogP contribution in [0, 0.1) is 7.14 Å². The van der Waals surface area contributed by atoms with E-state index in [1.165, 1.54) is 0 Å². The number of benzene rings is 3. The van der Waals surface area contributed by atoms with Crippen LogP contribution in [0.25, 0.3) is 6.08 Å². The van der Waals surface area contributed by atoms with Gasteiger partial charge in [-0.05, 0) is 115 Å². The summed E-state index contributed by atoms with van der Waals surface area (Å²) >= 11 is 11.4. The third-order valence-corrected chi connectivity index (χ3v) is 7.11. The fourth-order valence-electron chi connectivity index (χ4n) is 2.90. The molecule has 0 radical (unpaired) electrons. The highest BCUT2D eigenvalue weighted by Crippen LogP contribution is 2.31. The Morgan fingerprint density at radius 1 is 1.00 bits per heavy atom. The van der Waals surface area contributed by atoms with Crippen LogP contribution in [0.15, 0.2) is 80.3 Å². The molecule has 0 unspecified atom stereocenters. The van der Waals surface area contributed by atoms with Gasteiger partial charge >= 0.3 is 5.97 Å². The lowest BCUT2D eigenvalue weighted by molar-refractivity contribution is -0.129. The number of nitrogens with zero attached hydrogens (tertiary/aromatic N) is 1. The zero-order chi connectivity index (χ0) is 22.0.